The zero-order valence-electron chi connectivity index (χ0n) is 18.4. The maximum atomic E-state index is 13.3. The van der Waals surface area contributed by atoms with Gasteiger partial charge in [-0.25, -0.2) is 0 Å². The van der Waals surface area contributed by atoms with E-state index in [0.717, 1.165) is 12.1 Å². The lowest BCUT2D eigenvalue weighted by Gasteiger charge is -2.33. The van der Waals surface area contributed by atoms with Gasteiger partial charge in [0.05, 0.1) is 25.4 Å². The number of carbonyl (C=O) groups excluding carboxylic acids is 1. The molecule has 1 N–H and O–H groups in total. The number of hydrogen-bond acceptors (Lipinski definition) is 6. The van der Waals surface area contributed by atoms with Crippen LogP contribution in [0.5, 0.6) is 11.5 Å². The van der Waals surface area contributed by atoms with E-state index in [1.165, 1.54) is 6.26 Å². The summed E-state index contributed by atoms with van der Waals surface area (Å²) < 4.78 is 16.9. The minimum Gasteiger partial charge on any atom is -0.508 e. The zero-order chi connectivity index (χ0) is 22.8. The van der Waals surface area contributed by atoms with Crippen molar-refractivity contribution in [3.8, 4) is 11.5 Å². The molecule has 3 aromatic carbocycles. The van der Waals surface area contributed by atoms with Gasteiger partial charge in [-0.05, 0) is 42.0 Å². The highest BCUT2D eigenvalue weighted by molar-refractivity contribution is 6.16. The summed E-state index contributed by atoms with van der Waals surface area (Å²) in [6, 6.07) is 20.4. The number of morpholine rings is 1. The molecule has 4 aromatic rings. The second-order valence-corrected chi connectivity index (χ2v) is 8.15. The van der Waals surface area contributed by atoms with Crippen molar-refractivity contribution >= 4 is 16.8 Å². The second-order valence-electron chi connectivity index (χ2n) is 8.15. The Labute approximate surface area is 192 Å². The Kier molecular flexibility index (Phi) is 5.86. The van der Waals surface area contributed by atoms with Crippen LogP contribution in [0.1, 0.15) is 33.2 Å². The molecule has 1 aliphatic rings. The van der Waals surface area contributed by atoms with Crippen LogP contribution in [0, 0.1) is 0 Å². The standard InChI is InChI=1S/C27H25NO5/c1-31-20-9-7-19(8-10-20)27(30)22-17-33-24-12-11-23(29)21(26(22)24)15-28-13-14-32-25(16-28)18-5-3-2-4-6-18/h2-12,17,25,29H,13-16H2,1H3. The molecule has 1 aliphatic heterocycles. The van der Waals surface area contributed by atoms with Gasteiger partial charge in [0.25, 0.3) is 0 Å². The molecule has 0 saturated carbocycles. The molecule has 1 atom stereocenters. The number of ketones is 1. The molecular weight excluding hydrogens is 418 g/mol. The molecule has 5 rings (SSSR count). The Bertz CT molecular complexity index is 1260. The van der Waals surface area contributed by atoms with E-state index in [4.69, 9.17) is 13.9 Å². The molecule has 2 heterocycles. The van der Waals surface area contributed by atoms with E-state index in [2.05, 4.69) is 17.0 Å². The van der Waals surface area contributed by atoms with Gasteiger partial charge in [-0.3, -0.25) is 9.69 Å². The fourth-order valence-corrected chi connectivity index (χ4v) is 4.35. The Hall–Kier alpha value is -3.61. The SMILES string of the molecule is COc1ccc(C(=O)c2coc3ccc(O)c(CN4CCOC(c5ccccc5)C4)c23)cc1. The van der Waals surface area contributed by atoms with E-state index in [1.807, 2.05) is 18.2 Å². The van der Waals surface area contributed by atoms with Crippen molar-refractivity contribution < 1.29 is 23.8 Å². The van der Waals surface area contributed by atoms with Crippen molar-refractivity contribution in [1.29, 1.82) is 0 Å². The minimum atomic E-state index is -0.160. The molecule has 1 saturated heterocycles. The number of nitrogens with zero attached hydrogens (tertiary/aromatic N) is 1. The first kappa shape index (κ1) is 21.2. The van der Waals surface area contributed by atoms with Crippen molar-refractivity contribution in [2.75, 3.05) is 26.8 Å². The highest BCUT2D eigenvalue weighted by atomic mass is 16.5. The lowest BCUT2D eigenvalue weighted by atomic mass is 9.98. The number of furan rings is 1. The van der Waals surface area contributed by atoms with Crippen LogP contribution in [-0.2, 0) is 11.3 Å². The van der Waals surface area contributed by atoms with Crippen LogP contribution in [0.3, 0.4) is 0 Å². The number of carbonyl (C=O) groups is 1. The fraction of sp³-hybridized carbons (Fsp3) is 0.222. The maximum absolute atomic E-state index is 13.3. The number of ether oxygens (including phenoxy) is 2. The number of aromatic hydroxyl groups is 1. The minimum absolute atomic E-state index is 0.0361. The molecule has 0 aliphatic carbocycles. The fourth-order valence-electron chi connectivity index (χ4n) is 4.35. The third-order valence-corrected chi connectivity index (χ3v) is 6.12. The van der Waals surface area contributed by atoms with Gasteiger partial charge in [0.15, 0.2) is 5.78 Å². The largest absolute Gasteiger partial charge is 0.508 e. The normalized spacial score (nSPS) is 16.7. The highest BCUT2D eigenvalue weighted by Gasteiger charge is 2.26. The number of methoxy groups -OCH3 is 1. The predicted octanol–water partition coefficient (Wildman–Crippen LogP) is 4.95. The third-order valence-electron chi connectivity index (χ3n) is 6.12. The third kappa shape index (κ3) is 4.23. The van der Waals surface area contributed by atoms with Crippen molar-refractivity contribution in [1.82, 2.24) is 4.90 Å². The molecule has 168 valence electrons. The number of benzene rings is 3. The zero-order valence-corrected chi connectivity index (χ0v) is 18.4. The van der Waals surface area contributed by atoms with Crippen LogP contribution in [0.4, 0.5) is 0 Å². The number of rotatable bonds is 6. The van der Waals surface area contributed by atoms with Crippen molar-refractivity contribution in [3.63, 3.8) is 0 Å². The number of hydrogen-bond donors (Lipinski definition) is 1. The molecule has 0 spiro atoms. The summed E-state index contributed by atoms with van der Waals surface area (Å²) in [5.74, 6) is 0.671. The monoisotopic (exact) mass is 443 g/mol. The van der Waals surface area contributed by atoms with Gasteiger partial charge in [0, 0.05) is 36.1 Å². The van der Waals surface area contributed by atoms with E-state index in [9.17, 15) is 9.90 Å². The molecule has 6 nitrogen and oxygen atoms in total. The molecule has 0 radical (unpaired) electrons. The Balaban J connectivity index is 1.46. The van der Waals surface area contributed by atoms with E-state index in [1.54, 1.807) is 43.5 Å². The van der Waals surface area contributed by atoms with Crippen molar-refractivity contribution in [3.05, 3.63) is 95.2 Å². The number of phenolic OH excluding ortho intramolecular Hbond substituents is 1. The van der Waals surface area contributed by atoms with Gasteiger partial charge in [-0.1, -0.05) is 30.3 Å². The first-order valence-electron chi connectivity index (χ1n) is 10.9. The van der Waals surface area contributed by atoms with E-state index < -0.39 is 0 Å². The molecule has 1 aromatic heterocycles. The molecule has 1 unspecified atom stereocenters. The molecule has 6 heteroatoms. The first-order chi connectivity index (χ1) is 16.1. The summed E-state index contributed by atoms with van der Waals surface area (Å²) in [6.07, 6.45) is 1.44. The lowest BCUT2D eigenvalue weighted by Crippen LogP contribution is -2.37. The van der Waals surface area contributed by atoms with Crippen molar-refractivity contribution in [2.24, 2.45) is 0 Å². The van der Waals surface area contributed by atoms with Crippen LogP contribution in [0.15, 0.2) is 77.4 Å². The number of fused-ring (bicyclic) bond motifs is 1. The van der Waals surface area contributed by atoms with Crippen LogP contribution < -0.4 is 4.74 Å². The Morgan fingerprint density at radius 1 is 1.09 bits per heavy atom. The summed E-state index contributed by atoms with van der Waals surface area (Å²) in [5, 5.41) is 11.4. The molecule has 0 amide bonds. The average molecular weight is 443 g/mol. The van der Waals surface area contributed by atoms with Gasteiger partial charge in [0.1, 0.15) is 23.3 Å². The van der Waals surface area contributed by atoms with Crippen molar-refractivity contribution in [2.45, 2.75) is 12.6 Å². The van der Waals surface area contributed by atoms with Crippen LogP contribution in [0.2, 0.25) is 0 Å². The van der Waals surface area contributed by atoms with Crippen LogP contribution >= 0.6 is 0 Å². The predicted molar refractivity (Wildman–Crippen MR) is 125 cm³/mol. The summed E-state index contributed by atoms with van der Waals surface area (Å²) in [7, 11) is 1.59. The molecule has 1 fully saturated rings. The first-order valence-corrected chi connectivity index (χ1v) is 10.9. The molecule has 0 bridgehead atoms. The summed E-state index contributed by atoms with van der Waals surface area (Å²) >= 11 is 0. The Morgan fingerprint density at radius 2 is 1.88 bits per heavy atom. The van der Waals surface area contributed by atoms with Gasteiger partial charge < -0.3 is 19.0 Å². The highest BCUT2D eigenvalue weighted by Crippen LogP contribution is 2.35. The lowest BCUT2D eigenvalue weighted by molar-refractivity contribution is -0.0329. The summed E-state index contributed by atoms with van der Waals surface area (Å²) in [5.41, 5.74) is 3.36. The maximum Gasteiger partial charge on any atom is 0.196 e. The van der Waals surface area contributed by atoms with E-state index in [-0.39, 0.29) is 17.6 Å². The van der Waals surface area contributed by atoms with E-state index >= 15 is 0 Å². The average Bonchev–Trinajstić information content (AvgIpc) is 3.30. The van der Waals surface area contributed by atoms with E-state index in [0.29, 0.717) is 53.1 Å². The van der Waals surface area contributed by atoms with Crippen LogP contribution in [-0.4, -0.2) is 42.6 Å². The topological polar surface area (TPSA) is 72.1 Å². The Morgan fingerprint density at radius 3 is 2.64 bits per heavy atom. The van der Waals surface area contributed by atoms with Crippen LogP contribution in [0.25, 0.3) is 11.0 Å². The van der Waals surface area contributed by atoms with Gasteiger partial charge >= 0.3 is 0 Å². The van der Waals surface area contributed by atoms with Gasteiger partial charge in [-0.15, -0.1) is 0 Å². The summed E-state index contributed by atoms with van der Waals surface area (Å²) in [4.78, 5) is 15.5. The molecular formula is C27H25NO5. The molecule has 33 heavy (non-hydrogen) atoms. The summed E-state index contributed by atoms with van der Waals surface area (Å²) in [6.45, 7) is 2.51. The smallest absolute Gasteiger partial charge is 0.196 e. The van der Waals surface area contributed by atoms with Gasteiger partial charge in [-0.2, -0.15) is 0 Å². The van der Waals surface area contributed by atoms with Gasteiger partial charge in [0.2, 0.25) is 0 Å². The number of phenols is 1. The second kappa shape index (κ2) is 9.10. The quantitative estimate of drug-likeness (QED) is 0.425.